The van der Waals surface area contributed by atoms with E-state index in [4.69, 9.17) is 16.6 Å². The van der Waals surface area contributed by atoms with Gasteiger partial charge in [0.05, 0.1) is 56.0 Å². The van der Waals surface area contributed by atoms with Crippen molar-refractivity contribution >= 4 is 69.7 Å². The number of nitrogens with zero attached hydrogens (tertiary/aromatic N) is 5. The Hall–Kier alpha value is 0.144. The number of aliphatic carboxylic acids is 1. The van der Waals surface area contributed by atoms with Crippen LogP contribution in [0.2, 0.25) is 0 Å². The third kappa shape index (κ3) is 36.9. The Morgan fingerprint density at radius 3 is 1.11 bits per heavy atom. The molecule has 9 aliphatic rings. The Balaban J connectivity index is 0. The molecule has 3 saturated heterocycles. The summed E-state index contributed by atoms with van der Waals surface area (Å²) in [6.45, 7) is 41.7. The summed E-state index contributed by atoms with van der Waals surface area (Å²) in [5.41, 5.74) is 12.4. The van der Waals surface area contributed by atoms with E-state index in [9.17, 15) is 24.0 Å². The van der Waals surface area contributed by atoms with Gasteiger partial charge in [0, 0.05) is 61.7 Å². The van der Waals surface area contributed by atoms with E-state index in [0.29, 0.717) is 38.2 Å². The fourth-order valence-electron chi connectivity index (χ4n) is 13.7. The molecule has 3 heterocycles. The summed E-state index contributed by atoms with van der Waals surface area (Å²) < 4.78 is 1.09. The predicted molar refractivity (Wildman–Crippen MR) is 385 cm³/mol. The number of quaternary nitrogens is 1. The Labute approximate surface area is 594 Å². The zero-order valence-electron chi connectivity index (χ0n) is 58.9. The molecule has 0 atom stereocenters. The van der Waals surface area contributed by atoms with Gasteiger partial charge in [-0.3, -0.25) is 24.2 Å². The van der Waals surface area contributed by atoms with Crippen LogP contribution in [0.15, 0.2) is 9.98 Å². The van der Waals surface area contributed by atoms with Gasteiger partial charge in [-0.2, -0.15) is 16.9 Å². The third-order valence-electron chi connectivity index (χ3n) is 22.4. The molecular weight excluding hydrogens is 1490 g/mol. The number of carbonyl (C=O) groups excluding carboxylic acids is 4. The van der Waals surface area contributed by atoms with Crippen LogP contribution in [0.3, 0.4) is 0 Å². The summed E-state index contributed by atoms with van der Waals surface area (Å²) in [6, 6.07) is 0.465. The number of carboxylic acids is 1. The van der Waals surface area contributed by atoms with Gasteiger partial charge in [0.1, 0.15) is 11.6 Å². The molecule has 6 saturated carbocycles. The van der Waals surface area contributed by atoms with Crippen LogP contribution in [0.1, 0.15) is 297 Å². The minimum absolute atomic E-state index is 0. The number of carbonyl (C=O) groups is 3. The van der Waals surface area contributed by atoms with E-state index < -0.39 is 11.4 Å². The summed E-state index contributed by atoms with van der Waals surface area (Å²) in [7, 11) is 2.86. The van der Waals surface area contributed by atoms with Crippen molar-refractivity contribution in [3.05, 3.63) is 6.92 Å². The molecule has 89 heavy (non-hydrogen) atoms. The van der Waals surface area contributed by atoms with Gasteiger partial charge in [0.25, 0.3) is 0 Å². The van der Waals surface area contributed by atoms with Crippen LogP contribution >= 0.6 is 40.0 Å². The van der Waals surface area contributed by atoms with E-state index in [0.717, 1.165) is 150 Å². The molecule has 13 nitrogen and oxygen atoms in total. The number of piperidine rings is 3. The summed E-state index contributed by atoms with van der Waals surface area (Å²) in [4.78, 5) is 66.0. The van der Waals surface area contributed by atoms with Crippen LogP contribution < -0.4 is 35.4 Å². The average molecular weight is 1630 g/mol. The number of likely N-dealkylation sites (tertiary alicyclic amines) is 3. The van der Waals surface area contributed by atoms with Gasteiger partial charge in [-0.25, -0.2) is 9.59 Å². The second-order valence-corrected chi connectivity index (χ2v) is 42.6. The monoisotopic (exact) mass is 1630 g/mol. The van der Waals surface area contributed by atoms with Crippen LogP contribution in [0.25, 0.3) is 0 Å². The Kier molecular flexibility index (Phi) is 47.5. The quantitative estimate of drug-likeness (QED) is 0.0759. The molecule has 0 aromatic heterocycles. The van der Waals surface area contributed by atoms with Crippen molar-refractivity contribution in [3.63, 3.8) is 0 Å². The molecule has 0 radical (unpaired) electrons. The van der Waals surface area contributed by atoms with Crippen molar-refractivity contribution in [2.45, 2.75) is 331 Å². The molecule has 0 aromatic carbocycles. The molecule has 3 aliphatic heterocycles. The molecule has 17 heteroatoms. The van der Waals surface area contributed by atoms with Gasteiger partial charge in [-0.1, -0.05) is 49.0 Å². The van der Waals surface area contributed by atoms with Gasteiger partial charge < -0.3 is 52.0 Å². The number of ketones is 2. The van der Waals surface area contributed by atoms with Crippen LogP contribution in [-0.4, -0.2) is 136 Å². The van der Waals surface area contributed by atoms with Gasteiger partial charge >= 0.3 is 55.4 Å². The predicted octanol–water partition coefficient (Wildman–Crippen LogP) is 14.8. The first-order chi connectivity index (χ1) is 40.7. The summed E-state index contributed by atoms with van der Waals surface area (Å²) >= 11 is 4.74. The van der Waals surface area contributed by atoms with E-state index in [-0.39, 0.29) is 48.0 Å². The molecule has 0 aromatic rings. The van der Waals surface area contributed by atoms with Crippen LogP contribution in [0.4, 0.5) is 0 Å². The Morgan fingerprint density at radius 1 is 0.562 bits per heavy atom. The SMILES string of the molecule is C.CC1CCC(C)(C(=O)O)CC1.CC1CCC(C)(N)CC1.CC1CCC(C)(N2CCC(=O)CC2)CC1.CC1CCC(C)(N2CCC(N)CC2)CC1.CC1CCC(C)(N=C=O)CC1.CC1CCC(C)(N=C=O)CC1.CC[N+]1(C)CCC(=O)CC1.[CH2-]C.[I-].[I][V][I]. The molecule has 5 N–H and O–H groups in total. The molecule has 523 valence electrons. The van der Waals surface area contributed by atoms with E-state index in [1.807, 2.05) is 20.8 Å². The van der Waals surface area contributed by atoms with E-state index in [1.54, 1.807) is 19.1 Å². The van der Waals surface area contributed by atoms with Crippen LogP contribution in [-0.2, 0) is 33.4 Å². The van der Waals surface area contributed by atoms with E-state index in [2.05, 4.69) is 143 Å². The minimum atomic E-state index is -0.621. The van der Waals surface area contributed by atoms with Gasteiger partial charge in [0.2, 0.25) is 12.2 Å². The molecule has 0 amide bonds. The number of Topliss-reactive ketones (excluding diaryl/α,β-unsaturated/α-hetero) is 2. The second-order valence-electron chi connectivity index (χ2n) is 30.8. The summed E-state index contributed by atoms with van der Waals surface area (Å²) in [6.07, 6.45) is 37.8. The maximum atomic E-state index is 11.2. The second kappa shape index (κ2) is 46.4. The van der Waals surface area contributed by atoms with Crippen molar-refractivity contribution < 1.29 is 67.0 Å². The first-order valence-corrected chi connectivity index (χ1v) is 43.7. The zero-order chi connectivity index (χ0) is 66.1. The van der Waals surface area contributed by atoms with Gasteiger partial charge in [0.15, 0.2) is 0 Å². The zero-order valence-corrected chi connectivity index (χ0v) is 66.7. The first-order valence-electron chi connectivity index (χ1n) is 34.7. The molecule has 0 unspecified atom stereocenters. The first kappa shape index (κ1) is 91.2. The van der Waals surface area contributed by atoms with Gasteiger partial charge in [-0.05, 0) is 251 Å². The number of halogens is 3. The number of hydrogen-bond acceptors (Lipinski definition) is 11. The molecule has 9 rings (SSSR count). The molecular formula is C72H137I3N7O6V-. The average Bonchev–Trinajstić information content (AvgIpc) is 2.45. The number of hydrogen-bond donors (Lipinski definition) is 3. The maximum absolute atomic E-state index is 11.2. The number of rotatable bonds is 6. The standard InChI is InChI=1S/C13H26N2.C13H23NO.2C9H15NO.C9H16O2.C8H16NO.C8H17N.C2H5.CH4.3HI.V/c1-11-3-7-13(2,8-4-11)15-9-5-12(14)6-10-15;1-11-3-7-13(2,8-4-11)14-9-5-12(15)6-10-14;2*1-8-3-5-9(2,6-4-8)10-7-11;1-7-3-5-9(2,6-4-7)8(10)11;1-3-9(2)6-4-8(10)5-7-9;1-7-3-5-8(2,9)6-4-7;1-2;;;;;/h11-12H,3-10,14H2,1-2H3;11H,3-10H2,1-2H3;2*8H,3-6H2,1-2H3;7H,3-6H2,1-2H3,(H,10,11);3-7H2,1-2H3;7H,3-6,9H2,1-2H3;1H2,2H3;1H4;3*1H;/q;;;;;+1;;-1;;;;;+2/p-3. The summed E-state index contributed by atoms with van der Waals surface area (Å²) in [5, 5.41) is 8.88. The Morgan fingerprint density at radius 2 is 0.831 bits per heavy atom. The van der Waals surface area contributed by atoms with Crippen molar-refractivity contribution in [1.82, 2.24) is 9.80 Å². The fraction of sp³-hybridized carbons (Fsp3) is 0.917. The van der Waals surface area contributed by atoms with E-state index >= 15 is 0 Å². The molecule has 0 spiro atoms. The fourth-order valence-corrected chi connectivity index (χ4v) is 13.7. The molecule has 6 aliphatic carbocycles. The third-order valence-corrected chi connectivity index (χ3v) is 22.4. The molecule has 9 fully saturated rings. The van der Waals surface area contributed by atoms with Gasteiger partial charge in [-0.15, -0.1) is 0 Å². The molecule has 0 bridgehead atoms. The number of isocyanates is 2. The number of aliphatic imine (C=N–C) groups is 2. The van der Waals surface area contributed by atoms with E-state index in [1.165, 1.54) is 129 Å². The number of nitrogens with two attached hydrogens (primary N) is 2. The Bertz CT molecular complexity index is 1900. The van der Waals surface area contributed by atoms with Crippen molar-refractivity contribution in [2.24, 2.45) is 62.4 Å². The summed E-state index contributed by atoms with van der Waals surface area (Å²) in [5.74, 6) is 5.40. The normalized spacial score (nSPS) is 35.1. The van der Waals surface area contributed by atoms with Crippen LogP contribution in [0, 0.1) is 47.8 Å². The van der Waals surface area contributed by atoms with Crippen molar-refractivity contribution in [3.8, 4) is 0 Å². The topological polar surface area (TPSA) is 189 Å². The van der Waals surface area contributed by atoms with Crippen molar-refractivity contribution in [2.75, 3.05) is 52.9 Å². The number of carboxylic acid groups (broad SMARTS) is 1. The van der Waals surface area contributed by atoms with Crippen molar-refractivity contribution in [1.29, 1.82) is 0 Å². The van der Waals surface area contributed by atoms with Crippen LogP contribution in [0.5, 0.6) is 0 Å².